The zero-order valence-electron chi connectivity index (χ0n) is 16.7. The zero-order valence-corrected chi connectivity index (χ0v) is 16.7. The Bertz CT molecular complexity index is 779. The fourth-order valence-corrected chi connectivity index (χ4v) is 3.63. The van der Waals surface area contributed by atoms with Crippen LogP contribution in [0.25, 0.3) is 0 Å². The predicted octanol–water partition coefficient (Wildman–Crippen LogP) is 3.81. The molecule has 1 saturated carbocycles. The van der Waals surface area contributed by atoms with Gasteiger partial charge in [0.15, 0.2) is 0 Å². The molecule has 0 saturated heterocycles. The summed E-state index contributed by atoms with van der Waals surface area (Å²) in [4.78, 5) is 27.0. The van der Waals surface area contributed by atoms with Crippen LogP contribution in [0.3, 0.4) is 0 Å². The van der Waals surface area contributed by atoms with Gasteiger partial charge in [0.1, 0.15) is 0 Å². The number of amides is 2. The van der Waals surface area contributed by atoms with Crippen LogP contribution in [0.15, 0.2) is 54.6 Å². The minimum Gasteiger partial charge on any atom is -0.378 e. The Morgan fingerprint density at radius 3 is 2.00 bits per heavy atom. The summed E-state index contributed by atoms with van der Waals surface area (Å²) in [5.41, 5.74) is 3.02. The first-order chi connectivity index (χ1) is 13.5. The fraction of sp³-hybridized carbons (Fsp3) is 0.391. The first-order valence-corrected chi connectivity index (χ1v) is 9.93. The molecule has 1 aliphatic carbocycles. The van der Waals surface area contributed by atoms with Gasteiger partial charge in [-0.2, -0.15) is 0 Å². The third kappa shape index (κ3) is 5.35. The van der Waals surface area contributed by atoms with Gasteiger partial charge in [-0.25, -0.2) is 0 Å². The van der Waals surface area contributed by atoms with Gasteiger partial charge in [-0.1, -0.05) is 30.3 Å². The molecule has 0 spiro atoms. The molecule has 0 aromatic heterocycles. The maximum absolute atomic E-state index is 12.6. The molecule has 2 N–H and O–H groups in total. The van der Waals surface area contributed by atoms with Gasteiger partial charge in [0.2, 0.25) is 11.8 Å². The minimum atomic E-state index is -0.0216. The molecular weight excluding hydrogens is 350 g/mol. The summed E-state index contributed by atoms with van der Waals surface area (Å²) in [7, 11) is 3.98. The second-order valence-electron chi connectivity index (χ2n) is 7.68. The van der Waals surface area contributed by atoms with Crippen LogP contribution in [0, 0.1) is 11.8 Å². The van der Waals surface area contributed by atoms with Gasteiger partial charge in [-0.05, 0) is 55.5 Å². The van der Waals surface area contributed by atoms with Gasteiger partial charge in [0, 0.05) is 43.9 Å². The normalized spacial score (nSPS) is 18.9. The lowest BCUT2D eigenvalue weighted by Crippen LogP contribution is -2.35. The van der Waals surface area contributed by atoms with Crippen LogP contribution in [0.1, 0.15) is 31.2 Å². The first kappa shape index (κ1) is 19.9. The highest BCUT2D eigenvalue weighted by atomic mass is 16.2. The van der Waals surface area contributed by atoms with Crippen LogP contribution < -0.4 is 15.5 Å². The molecule has 28 heavy (non-hydrogen) atoms. The molecule has 2 aromatic carbocycles. The Balaban J connectivity index is 1.43. The molecule has 0 heterocycles. The minimum absolute atomic E-state index is 0.00661. The summed E-state index contributed by atoms with van der Waals surface area (Å²) in [6.45, 7) is 0.559. The molecule has 5 nitrogen and oxygen atoms in total. The van der Waals surface area contributed by atoms with Crippen molar-refractivity contribution >= 4 is 23.2 Å². The number of nitrogens with one attached hydrogen (secondary N) is 2. The van der Waals surface area contributed by atoms with Crippen LogP contribution >= 0.6 is 0 Å². The van der Waals surface area contributed by atoms with Crippen molar-refractivity contribution in [3.8, 4) is 0 Å². The van der Waals surface area contributed by atoms with Crippen molar-refractivity contribution in [2.24, 2.45) is 11.8 Å². The van der Waals surface area contributed by atoms with E-state index in [1.54, 1.807) is 0 Å². The van der Waals surface area contributed by atoms with Crippen molar-refractivity contribution in [3.05, 3.63) is 60.2 Å². The lowest BCUT2D eigenvalue weighted by molar-refractivity contribution is -0.128. The van der Waals surface area contributed by atoms with E-state index in [-0.39, 0.29) is 23.7 Å². The highest BCUT2D eigenvalue weighted by molar-refractivity contribution is 5.93. The van der Waals surface area contributed by atoms with Gasteiger partial charge >= 0.3 is 0 Å². The molecule has 3 rings (SSSR count). The quantitative estimate of drug-likeness (QED) is 0.802. The number of hydrogen-bond donors (Lipinski definition) is 2. The van der Waals surface area contributed by atoms with E-state index in [9.17, 15) is 9.59 Å². The van der Waals surface area contributed by atoms with E-state index in [1.807, 2.05) is 73.6 Å². The lowest BCUT2D eigenvalue weighted by atomic mass is 9.81. The maximum atomic E-state index is 12.6. The molecule has 1 fully saturated rings. The second-order valence-corrected chi connectivity index (χ2v) is 7.68. The first-order valence-electron chi connectivity index (χ1n) is 9.93. The average molecular weight is 380 g/mol. The highest BCUT2D eigenvalue weighted by Crippen LogP contribution is 2.30. The number of hydrogen-bond acceptors (Lipinski definition) is 3. The standard InChI is InChI=1S/C23H29N3O2/c1-26(2)21-14-12-20(13-15-21)25-23(28)19-10-8-18(9-11-19)22(27)24-16-17-6-4-3-5-7-17/h3-7,12-15,18-19H,8-11,16H2,1-2H3,(H,24,27)(H,25,28). The Hall–Kier alpha value is -2.82. The molecule has 5 heteroatoms. The topological polar surface area (TPSA) is 61.4 Å². The second kappa shape index (κ2) is 9.40. The molecule has 0 bridgehead atoms. The fourth-order valence-electron chi connectivity index (χ4n) is 3.63. The van der Waals surface area contributed by atoms with Crippen molar-refractivity contribution in [1.82, 2.24) is 5.32 Å². The van der Waals surface area contributed by atoms with Crippen molar-refractivity contribution in [1.29, 1.82) is 0 Å². The molecule has 0 atom stereocenters. The van der Waals surface area contributed by atoms with Gasteiger partial charge in [0.05, 0.1) is 0 Å². The van der Waals surface area contributed by atoms with E-state index in [0.717, 1.165) is 42.6 Å². The number of nitrogens with zero attached hydrogens (tertiary/aromatic N) is 1. The van der Waals surface area contributed by atoms with Crippen molar-refractivity contribution in [3.63, 3.8) is 0 Å². The molecule has 1 aliphatic rings. The molecule has 0 radical (unpaired) electrons. The number of carbonyl (C=O) groups excluding carboxylic acids is 2. The molecule has 2 amide bonds. The van der Waals surface area contributed by atoms with Crippen molar-refractivity contribution in [2.75, 3.05) is 24.3 Å². The molecule has 0 unspecified atom stereocenters. The maximum Gasteiger partial charge on any atom is 0.227 e. The highest BCUT2D eigenvalue weighted by Gasteiger charge is 2.29. The Kier molecular flexibility index (Phi) is 6.69. The third-order valence-electron chi connectivity index (χ3n) is 5.43. The van der Waals surface area contributed by atoms with E-state index in [1.165, 1.54) is 0 Å². The van der Waals surface area contributed by atoms with Gasteiger partial charge < -0.3 is 15.5 Å². The number of benzene rings is 2. The summed E-state index contributed by atoms with van der Waals surface area (Å²) in [6.07, 6.45) is 3.03. The van der Waals surface area contributed by atoms with E-state index in [0.29, 0.717) is 6.54 Å². The Morgan fingerprint density at radius 2 is 1.43 bits per heavy atom. The smallest absolute Gasteiger partial charge is 0.227 e. The van der Waals surface area contributed by atoms with Crippen LogP contribution in [0.5, 0.6) is 0 Å². The molecule has 0 aliphatic heterocycles. The lowest BCUT2D eigenvalue weighted by Gasteiger charge is -2.27. The number of carbonyl (C=O) groups is 2. The Labute approximate surface area is 167 Å². The van der Waals surface area contributed by atoms with E-state index in [2.05, 4.69) is 10.6 Å². The summed E-state index contributed by atoms with van der Waals surface area (Å²) < 4.78 is 0. The van der Waals surface area contributed by atoms with E-state index < -0.39 is 0 Å². The van der Waals surface area contributed by atoms with Gasteiger partial charge in [0.25, 0.3) is 0 Å². The average Bonchev–Trinajstić information content (AvgIpc) is 2.73. The summed E-state index contributed by atoms with van der Waals surface area (Å²) >= 11 is 0. The van der Waals surface area contributed by atoms with E-state index >= 15 is 0 Å². The third-order valence-corrected chi connectivity index (χ3v) is 5.43. The summed E-state index contributed by atoms with van der Waals surface area (Å²) in [5.74, 6) is 0.140. The van der Waals surface area contributed by atoms with Crippen LogP contribution in [-0.2, 0) is 16.1 Å². The number of rotatable bonds is 6. The largest absolute Gasteiger partial charge is 0.378 e. The molecular formula is C23H29N3O2. The summed E-state index contributed by atoms with van der Waals surface area (Å²) in [6, 6.07) is 17.8. The zero-order chi connectivity index (χ0) is 19.9. The van der Waals surface area contributed by atoms with E-state index in [4.69, 9.17) is 0 Å². The molecule has 2 aromatic rings. The van der Waals surface area contributed by atoms with Crippen molar-refractivity contribution < 1.29 is 9.59 Å². The monoisotopic (exact) mass is 379 g/mol. The van der Waals surface area contributed by atoms with Crippen LogP contribution in [-0.4, -0.2) is 25.9 Å². The van der Waals surface area contributed by atoms with Crippen LogP contribution in [0.4, 0.5) is 11.4 Å². The predicted molar refractivity (Wildman–Crippen MR) is 113 cm³/mol. The van der Waals surface area contributed by atoms with Gasteiger partial charge in [-0.15, -0.1) is 0 Å². The number of anilines is 2. The van der Waals surface area contributed by atoms with Crippen LogP contribution in [0.2, 0.25) is 0 Å². The molecule has 148 valence electrons. The van der Waals surface area contributed by atoms with Crippen molar-refractivity contribution in [2.45, 2.75) is 32.2 Å². The van der Waals surface area contributed by atoms with Gasteiger partial charge in [-0.3, -0.25) is 9.59 Å². The SMILES string of the molecule is CN(C)c1ccc(NC(=O)C2CCC(C(=O)NCc3ccccc3)CC2)cc1. The summed E-state index contributed by atoms with van der Waals surface area (Å²) in [5, 5.41) is 6.03. The Morgan fingerprint density at radius 1 is 0.857 bits per heavy atom.